The third kappa shape index (κ3) is 1.59. The van der Waals surface area contributed by atoms with E-state index in [2.05, 4.69) is 6.58 Å². The molecule has 2 rings (SSSR count). The minimum Gasteiger partial charge on any atom is -0.315 e. The van der Waals surface area contributed by atoms with Gasteiger partial charge in [-0.1, -0.05) is 12.6 Å². The van der Waals surface area contributed by atoms with Crippen LogP contribution in [-0.2, 0) is 11.2 Å². The van der Waals surface area contributed by atoms with Crippen molar-refractivity contribution in [2.45, 2.75) is 12.8 Å². The molecule has 0 radical (unpaired) electrons. The number of amides is 1. The number of fused-ring (bicyclic) bond motifs is 1. The van der Waals surface area contributed by atoms with E-state index in [1.807, 2.05) is 24.3 Å². The first kappa shape index (κ1) is 10.4. The molecule has 3 heteroatoms. The van der Waals surface area contributed by atoms with E-state index in [0.717, 1.165) is 23.2 Å². The summed E-state index contributed by atoms with van der Waals surface area (Å²) in [5.41, 5.74) is 3.34. The Balaban J connectivity index is 2.45. The second kappa shape index (κ2) is 3.82. The molecule has 0 aromatic heterocycles. The van der Waals surface area contributed by atoms with E-state index in [4.69, 9.17) is 5.26 Å². The highest BCUT2D eigenvalue weighted by Gasteiger charge is 2.20. The lowest BCUT2D eigenvalue weighted by Gasteiger charge is -2.26. The smallest absolute Gasteiger partial charge is 0.227 e. The normalized spacial score (nSPS) is 14.2. The Hall–Kier alpha value is -2.08. The van der Waals surface area contributed by atoms with Gasteiger partial charge in [0.2, 0.25) is 5.91 Å². The molecule has 1 amide bonds. The highest BCUT2D eigenvalue weighted by atomic mass is 16.2. The monoisotopic (exact) mass is 212 g/mol. The summed E-state index contributed by atoms with van der Waals surface area (Å²) in [7, 11) is 1.78. The Labute approximate surface area is 94.6 Å². The summed E-state index contributed by atoms with van der Waals surface area (Å²) in [5, 5.41) is 8.77. The molecule has 16 heavy (non-hydrogen) atoms. The van der Waals surface area contributed by atoms with Crippen molar-refractivity contribution in [1.82, 2.24) is 0 Å². The molecule has 0 fully saturated rings. The second-order valence-electron chi connectivity index (χ2n) is 3.89. The van der Waals surface area contributed by atoms with Crippen molar-refractivity contribution >= 4 is 17.2 Å². The summed E-state index contributed by atoms with van der Waals surface area (Å²) in [6.45, 7) is 3.68. The maximum absolute atomic E-state index is 11.5. The van der Waals surface area contributed by atoms with Crippen LogP contribution in [0.3, 0.4) is 0 Å². The van der Waals surface area contributed by atoms with Gasteiger partial charge in [0, 0.05) is 19.2 Å². The van der Waals surface area contributed by atoms with Gasteiger partial charge in [0.15, 0.2) is 0 Å². The van der Waals surface area contributed by atoms with Crippen LogP contribution in [-0.4, -0.2) is 13.0 Å². The number of allylic oxidation sites excluding steroid dienone is 1. The number of carbonyl (C=O) groups excluding carboxylic acids is 1. The number of anilines is 1. The van der Waals surface area contributed by atoms with Gasteiger partial charge in [0.25, 0.3) is 0 Å². The van der Waals surface area contributed by atoms with Gasteiger partial charge in [-0.15, -0.1) is 0 Å². The fourth-order valence-corrected chi connectivity index (χ4v) is 1.91. The van der Waals surface area contributed by atoms with E-state index in [0.29, 0.717) is 12.0 Å². The van der Waals surface area contributed by atoms with Gasteiger partial charge in [-0.2, -0.15) is 5.26 Å². The Kier molecular flexibility index (Phi) is 2.49. The first-order valence-electron chi connectivity index (χ1n) is 5.12. The maximum atomic E-state index is 11.5. The lowest BCUT2D eigenvalue weighted by molar-refractivity contribution is -0.118. The van der Waals surface area contributed by atoms with Crippen LogP contribution in [0.4, 0.5) is 5.69 Å². The van der Waals surface area contributed by atoms with Crippen LogP contribution in [0, 0.1) is 11.3 Å². The molecule has 80 valence electrons. The van der Waals surface area contributed by atoms with Crippen molar-refractivity contribution in [3.63, 3.8) is 0 Å². The highest BCUT2D eigenvalue weighted by Crippen LogP contribution is 2.29. The molecule has 0 atom stereocenters. The van der Waals surface area contributed by atoms with Crippen molar-refractivity contribution < 1.29 is 4.79 Å². The molecular weight excluding hydrogens is 200 g/mol. The minimum atomic E-state index is 0.138. The van der Waals surface area contributed by atoms with E-state index >= 15 is 0 Å². The summed E-state index contributed by atoms with van der Waals surface area (Å²) in [4.78, 5) is 13.2. The van der Waals surface area contributed by atoms with Crippen molar-refractivity contribution in [1.29, 1.82) is 5.26 Å². The van der Waals surface area contributed by atoms with Crippen molar-refractivity contribution in [2.75, 3.05) is 11.9 Å². The SMILES string of the molecule is C=C(C#N)c1ccc2c(c1)CCC(=O)N2C. The molecule has 0 spiro atoms. The highest BCUT2D eigenvalue weighted by molar-refractivity contribution is 5.96. The molecule has 1 aliphatic rings. The van der Waals surface area contributed by atoms with Crippen LogP contribution < -0.4 is 4.90 Å². The van der Waals surface area contributed by atoms with Crippen LogP contribution in [0.15, 0.2) is 24.8 Å². The van der Waals surface area contributed by atoms with Crippen LogP contribution in [0.5, 0.6) is 0 Å². The predicted molar refractivity (Wildman–Crippen MR) is 62.8 cm³/mol. The number of benzene rings is 1. The fraction of sp³-hybridized carbons (Fsp3) is 0.231. The average Bonchev–Trinajstić information content (AvgIpc) is 2.32. The van der Waals surface area contributed by atoms with E-state index in [9.17, 15) is 4.79 Å². The summed E-state index contributed by atoms with van der Waals surface area (Å²) in [6, 6.07) is 7.69. The lowest BCUT2D eigenvalue weighted by atomic mass is 9.97. The third-order valence-electron chi connectivity index (χ3n) is 2.91. The Morgan fingerprint density at radius 2 is 2.25 bits per heavy atom. The van der Waals surface area contributed by atoms with Gasteiger partial charge >= 0.3 is 0 Å². The molecule has 0 aliphatic carbocycles. The standard InChI is InChI=1S/C13H12N2O/c1-9(8-14)10-3-5-12-11(7-10)4-6-13(16)15(12)2/h3,5,7H,1,4,6H2,2H3. The molecule has 1 aliphatic heterocycles. The first-order chi connectivity index (χ1) is 7.63. The van der Waals surface area contributed by atoms with Gasteiger partial charge in [0.05, 0.1) is 11.6 Å². The summed E-state index contributed by atoms with van der Waals surface area (Å²) < 4.78 is 0. The van der Waals surface area contributed by atoms with E-state index in [-0.39, 0.29) is 5.91 Å². The Morgan fingerprint density at radius 1 is 1.50 bits per heavy atom. The van der Waals surface area contributed by atoms with Crippen LogP contribution in [0.25, 0.3) is 5.57 Å². The molecule has 0 saturated heterocycles. The second-order valence-corrected chi connectivity index (χ2v) is 3.89. The molecule has 3 nitrogen and oxygen atoms in total. The first-order valence-corrected chi connectivity index (χ1v) is 5.12. The van der Waals surface area contributed by atoms with Gasteiger partial charge < -0.3 is 4.90 Å². The number of nitriles is 1. The molecule has 1 aromatic rings. The number of aryl methyl sites for hydroxylation is 1. The number of nitrogens with zero attached hydrogens (tertiary/aromatic N) is 2. The zero-order valence-electron chi connectivity index (χ0n) is 9.16. The molecule has 0 saturated carbocycles. The zero-order chi connectivity index (χ0) is 11.7. The third-order valence-corrected chi connectivity index (χ3v) is 2.91. The number of hydrogen-bond acceptors (Lipinski definition) is 2. The van der Waals surface area contributed by atoms with Crippen LogP contribution in [0.2, 0.25) is 0 Å². The van der Waals surface area contributed by atoms with Gasteiger partial charge in [-0.25, -0.2) is 0 Å². The van der Waals surface area contributed by atoms with E-state index < -0.39 is 0 Å². The van der Waals surface area contributed by atoms with Gasteiger partial charge in [-0.3, -0.25) is 4.79 Å². The van der Waals surface area contributed by atoms with Crippen LogP contribution in [0.1, 0.15) is 17.5 Å². The molecule has 0 unspecified atom stereocenters. The van der Waals surface area contributed by atoms with Crippen molar-refractivity contribution in [3.8, 4) is 6.07 Å². The van der Waals surface area contributed by atoms with Crippen molar-refractivity contribution in [2.24, 2.45) is 0 Å². The van der Waals surface area contributed by atoms with Gasteiger partial charge in [-0.05, 0) is 29.7 Å². The quantitative estimate of drug-likeness (QED) is 0.669. The van der Waals surface area contributed by atoms with Crippen molar-refractivity contribution in [3.05, 3.63) is 35.9 Å². The molecule has 1 heterocycles. The summed E-state index contributed by atoms with van der Waals surface area (Å²) in [5.74, 6) is 0.138. The average molecular weight is 212 g/mol. The summed E-state index contributed by atoms with van der Waals surface area (Å²) in [6.07, 6.45) is 1.27. The Bertz CT molecular complexity index is 511. The van der Waals surface area contributed by atoms with E-state index in [1.54, 1.807) is 11.9 Å². The fourth-order valence-electron chi connectivity index (χ4n) is 1.91. The number of carbonyl (C=O) groups is 1. The molecule has 0 N–H and O–H groups in total. The number of rotatable bonds is 1. The number of hydrogen-bond donors (Lipinski definition) is 0. The molecular formula is C13H12N2O. The maximum Gasteiger partial charge on any atom is 0.227 e. The minimum absolute atomic E-state index is 0.138. The Morgan fingerprint density at radius 3 is 2.94 bits per heavy atom. The lowest BCUT2D eigenvalue weighted by Crippen LogP contribution is -2.31. The topological polar surface area (TPSA) is 44.1 Å². The van der Waals surface area contributed by atoms with E-state index in [1.165, 1.54) is 0 Å². The largest absolute Gasteiger partial charge is 0.315 e. The molecule has 1 aromatic carbocycles. The predicted octanol–water partition coefficient (Wildman–Crippen LogP) is 2.13. The van der Waals surface area contributed by atoms with Crippen LogP contribution >= 0.6 is 0 Å². The zero-order valence-corrected chi connectivity index (χ0v) is 9.16. The summed E-state index contributed by atoms with van der Waals surface area (Å²) >= 11 is 0. The van der Waals surface area contributed by atoms with Gasteiger partial charge in [0.1, 0.15) is 0 Å². The molecule has 0 bridgehead atoms.